The van der Waals surface area contributed by atoms with Crippen LogP contribution in [0.4, 0.5) is 21.0 Å². The second kappa shape index (κ2) is 18.6. The third-order valence-electron chi connectivity index (χ3n) is 8.65. The van der Waals surface area contributed by atoms with Gasteiger partial charge in [0.15, 0.2) is 0 Å². The predicted molar refractivity (Wildman–Crippen MR) is 210 cm³/mol. The van der Waals surface area contributed by atoms with Gasteiger partial charge in [-0.25, -0.2) is 26.4 Å². The van der Waals surface area contributed by atoms with Crippen molar-refractivity contribution in [2.45, 2.75) is 25.2 Å². The van der Waals surface area contributed by atoms with E-state index in [4.69, 9.17) is 25.7 Å². The third kappa shape index (κ3) is 13.6. The molecule has 24 heteroatoms. The first-order chi connectivity index (χ1) is 26.5. The Hall–Kier alpha value is -4.88. The molecule has 0 spiro atoms. The van der Waals surface area contributed by atoms with Crippen molar-refractivity contribution >= 4 is 71.4 Å². The van der Waals surface area contributed by atoms with E-state index in [0.717, 1.165) is 44.9 Å². The summed E-state index contributed by atoms with van der Waals surface area (Å²) in [4.78, 5) is 43.1. The zero-order chi connectivity index (χ0) is 42.3. The Bertz CT molecular complexity index is 2180. The number of nitrogens with zero attached hydrogens (tertiary/aromatic N) is 6. The number of ether oxygens (including phenoxy) is 3. The highest BCUT2D eigenvalue weighted by Crippen LogP contribution is 2.24. The predicted octanol–water partition coefficient (Wildman–Crippen LogP) is -0.491. The zero-order valence-corrected chi connectivity index (χ0v) is 34.3. The van der Waals surface area contributed by atoms with Crippen LogP contribution in [-0.4, -0.2) is 161 Å². The molecule has 57 heavy (non-hydrogen) atoms. The van der Waals surface area contributed by atoms with Gasteiger partial charge in [0.1, 0.15) is 36.5 Å². The molecule has 5 rings (SSSR count). The summed E-state index contributed by atoms with van der Waals surface area (Å²) in [6.07, 6.45) is 0.720. The average Bonchev–Trinajstić information content (AvgIpc) is 3.69. The molecule has 3 aliphatic heterocycles. The van der Waals surface area contributed by atoms with Crippen molar-refractivity contribution in [2.75, 3.05) is 88.1 Å². The molecule has 2 amide bonds. The number of esters is 1. The lowest BCUT2D eigenvalue weighted by Crippen LogP contribution is -2.53. The van der Waals surface area contributed by atoms with Crippen LogP contribution in [0.2, 0.25) is 0 Å². The van der Waals surface area contributed by atoms with Crippen LogP contribution < -0.4 is 21.3 Å². The van der Waals surface area contributed by atoms with E-state index >= 15 is 0 Å². The van der Waals surface area contributed by atoms with Gasteiger partial charge < -0.3 is 25.7 Å². The molecule has 4 N–H and O–H groups in total. The lowest BCUT2D eigenvalue weighted by molar-refractivity contribution is -0.147. The number of sulfonamides is 2. The summed E-state index contributed by atoms with van der Waals surface area (Å²) in [5.41, 5.74) is 13.3. The highest BCUT2D eigenvalue weighted by atomic mass is 32.2. The number of benzene rings is 2. The van der Waals surface area contributed by atoms with Crippen LogP contribution in [0, 0.1) is 0 Å². The zero-order valence-electron chi connectivity index (χ0n) is 31.9. The van der Waals surface area contributed by atoms with Crippen molar-refractivity contribution in [1.29, 1.82) is 0 Å². The molecule has 3 fully saturated rings. The molecule has 0 radical (unpaired) electrons. The molecule has 2 aromatic rings. The highest BCUT2D eigenvalue weighted by Gasteiger charge is 2.35. The second-order valence-electron chi connectivity index (χ2n) is 13.3. The first-order valence-corrected chi connectivity index (χ1v) is 22.7. The Morgan fingerprint density at radius 1 is 0.754 bits per heavy atom. The minimum atomic E-state index is -3.63. The number of amides is 2. The molecule has 314 valence electrons. The van der Waals surface area contributed by atoms with E-state index in [1.165, 1.54) is 29.0 Å². The maximum absolute atomic E-state index is 12.4. The largest absolute Gasteiger partial charge is 0.468 e. The summed E-state index contributed by atoms with van der Waals surface area (Å²) < 4.78 is 93.5. The summed E-state index contributed by atoms with van der Waals surface area (Å²) >= 11 is 0. The number of carbonyl (C=O) groups is 3. The van der Waals surface area contributed by atoms with Crippen molar-refractivity contribution in [3.05, 3.63) is 59.7 Å². The van der Waals surface area contributed by atoms with Crippen LogP contribution in [0.15, 0.2) is 57.3 Å². The number of methoxy groups -OCH3 is 1. The van der Waals surface area contributed by atoms with E-state index in [9.17, 15) is 39.6 Å². The number of anilines is 2. The Morgan fingerprint density at radius 3 is 1.58 bits per heavy atom. The SMILES string of the molecule is COC(=O)C(C)N1CCN(CC2CN(c3ccc(C(N)=NS(C)(=O)=O)cc3)C(=O)O2)CC1.CS(=O)(=O)N=C(N)c1ccc(N2CC(COS(C)(=O)=O)OC2=O)cc1. The molecule has 3 aliphatic rings. The van der Waals surface area contributed by atoms with Gasteiger partial charge >= 0.3 is 18.2 Å². The van der Waals surface area contributed by atoms with Gasteiger partial charge in [-0.1, -0.05) is 0 Å². The van der Waals surface area contributed by atoms with Crippen LogP contribution in [-0.2, 0) is 53.4 Å². The van der Waals surface area contributed by atoms with E-state index in [0.29, 0.717) is 35.6 Å². The van der Waals surface area contributed by atoms with Crippen molar-refractivity contribution in [3.63, 3.8) is 0 Å². The first kappa shape index (κ1) is 44.8. The topological polar surface area (TPSA) is 280 Å². The van der Waals surface area contributed by atoms with Gasteiger partial charge in [-0.05, 0) is 55.5 Å². The number of piperazine rings is 1. The maximum Gasteiger partial charge on any atom is 0.414 e. The van der Waals surface area contributed by atoms with Crippen LogP contribution in [0.25, 0.3) is 0 Å². The summed E-state index contributed by atoms with van der Waals surface area (Å²) in [7, 11) is -9.45. The Kier molecular flexibility index (Phi) is 14.6. The molecule has 3 atom stereocenters. The molecule has 2 aromatic carbocycles. The lowest BCUT2D eigenvalue weighted by Gasteiger charge is -2.37. The number of amidine groups is 2. The number of nitrogens with two attached hydrogens (primary N) is 2. The standard InChI is InChI=1S/C20H29N5O6S.C13H17N3O7S2/c1-14(19(26)30-2)24-10-8-23(9-11-24)12-17-13-25(20(27)31-17)16-6-4-15(5-7-16)18(21)22-32(3,28)29;1-24(18,19)15-12(14)9-3-5-10(6-4-9)16-7-11(23-13(16)17)8-22-25(2,20)21/h4-7,14,17H,8-13H2,1-3H3,(H2,21,22);3-6,11H,7-8H2,1-2H3,(H2,14,15). The Balaban J connectivity index is 0.000000261. The van der Waals surface area contributed by atoms with Gasteiger partial charge in [0.05, 0.1) is 39.0 Å². The number of hydrogen-bond donors (Lipinski definition) is 2. The molecule has 3 saturated heterocycles. The van der Waals surface area contributed by atoms with Crippen molar-refractivity contribution in [1.82, 2.24) is 9.80 Å². The third-order valence-corrected chi connectivity index (χ3v) is 10.3. The number of cyclic esters (lactones) is 2. The van der Waals surface area contributed by atoms with E-state index in [1.54, 1.807) is 36.4 Å². The summed E-state index contributed by atoms with van der Waals surface area (Å²) in [5.74, 6) is -0.520. The van der Waals surface area contributed by atoms with E-state index in [1.807, 2.05) is 6.92 Å². The van der Waals surface area contributed by atoms with E-state index < -0.39 is 48.5 Å². The minimum absolute atomic E-state index is 0.110. The van der Waals surface area contributed by atoms with Crippen LogP contribution in [0.1, 0.15) is 18.1 Å². The van der Waals surface area contributed by atoms with Crippen molar-refractivity contribution < 1.29 is 58.0 Å². The molecule has 0 aliphatic carbocycles. The van der Waals surface area contributed by atoms with Crippen LogP contribution in [0.3, 0.4) is 0 Å². The fourth-order valence-corrected chi connectivity index (χ4v) is 7.20. The first-order valence-electron chi connectivity index (χ1n) is 17.2. The molecule has 0 aromatic heterocycles. The molecular formula is C33H46N8O13S3. The molecule has 0 bridgehead atoms. The minimum Gasteiger partial charge on any atom is -0.468 e. The summed E-state index contributed by atoms with van der Waals surface area (Å²) in [6, 6.07) is 12.4. The Labute approximate surface area is 331 Å². The molecule has 21 nitrogen and oxygen atoms in total. The summed E-state index contributed by atoms with van der Waals surface area (Å²) in [5, 5.41) is 0. The second-order valence-corrected chi connectivity index (χ2v) is 18.2. The average molecular weight is 859 g/mol. The molecule has 3 unspecified atom stereocenters. The van der Waals surface area contributed by atoms with Gasteiger partial charge in [0.25, 0.3) is 30.2 Å². The number of rotatable bonds is 13. The van der Waals surface area contributed by atoms with Gasteiger partial charge in [0.2, 0.25) is 0 Å². The maximum atomic E-state index is 12.4. The summed E-state index contributed by atoms with van der Waals surface area (Å²) in [6.45, 7) is 5.69. The van der Waals surface area contributed by atoms with Crippen molar-refractivity contribution in [2.24, 2.45) is 20.3 Å². The van der Waals surface area contributed by atoms with Crippen LogP contribution in [0.5, 0.6) is 0 Å². The van der Waals surface area contributed by atoms with E-state index in [-0.39, 0.29) is 42.9 Å². The van der Waals surface area contributed by atoms with Gasteiger partial charge in [-0.3, -0.25) is 28.6 Å². The quantitative estimate of drug-likeness (QED) is 0.0845. The van der Waals surface area contributed by atoms with Gasteiger partial charge in [0, 0.05) is 55.2 Å². The smallest absolute Gasteiger partial charge is 0.414 e. The van der Waals surface area contributed by atoms with Gasteiger partial charge in [-0.15, -0.1) is 8.80 Å². The number of hydrogen-bond acceptors (Lipinski definition) is 15. The van der Waals surface area contributed by atoms with Crippen LogP contribution >= 0.6 is 0 Å². The van der Waals surface area contributed by atoms with Gasteiger partial charge in [-0.2, -0.15) is 8.42 Å². The van der Waals surface area contributed by atoms with E-state index in [2.05, 4.69) is 22.8 Å². The van der Waals surface area contributed by atoms with Crippen molar-refractivity contribution in [3.8, 4) is 0 Å². The lowest BCUT2D eigenvalue weighted by atomic mass is 10.2. The molecule has 3 heterocycles. The fourth-order valence-electron chi connectivity index (χ4n) is 5.87. The molecular weight excluding hydrogens is 813 g/mol. The normalized spacial score (nSPS) is 20.7. The fraction of sp³-hybridized carbons (Fsp3) is 0.485. The monoisotopic (exact) mass is 858 g/mol. The number of carbonyl (C=O) groups excluding carboxylic acids is 3. The Morgan fingerprint density at radius 2 is 1.18 bits per heavy atom. The highest BCUT2D eigenvalue weighted by molar-refractivity contribution is 7.89. The molecule has 0 saturated carbocycles.